The number of hydrogen-bond acceptors (Lipinski definition) is 0. The molecule has 0 aromatic rings. The van der Waals surface area contributed by atoms with Crippen molar-refractivity contribution in [1.82, 2.24) is 0 Å². The fraction of sp³-hybridized carbons (Fsp3) is 1.00. The first-order valence-corrected chi connectivity index (χ1v) is 4.61. The summed E-state index contributed by atoms with van der Waals surface area (Å²) in [7, 11) is 0. The van der Waals surface area contributed by atoms with Gasteiger partial charge in [0.05, 0.1) is 0 Å². The van der Waals surface area contributed by atoms with E-state index >= 15 is 0 Å². The quantitative estimate of drug-likeness (QED) is 0.484. The Kier molecular flexibility index (Phi) is 2.38. The van der Waals surface area contributed by atoms with E-state index in [9.17, 15) is 0 Å². The molecule has 0 heteroatoms. The highest BCUT2D eigenvalue weighted by Crippen LogP contribution is 2.36. The molecule has 0 bridgehead atoms. The summed E-state index contributed by atoms with van der Waals surface area (Å²) in [5, 5.41) is 0. The minimum absolute atomic E-state index is 0.964. The normalized spacial score (nSPS) is 49.2. The molecule has 10 heavy (non-hydrogen) atoms. The molecule has 0 N–H and O–H groups in total. The van der Waals surface area contributed by atoms with Gasteiger partial charge in [-0.25, -0.2) is 0 Å². The molecule has 0 heterocycles. The minimum Gasteiger partial charge on any atom is -0.0622 e. The fourth-order valence-corrected chi connectivity index (χ4v) is 2.10. The van der Waals surface area contributed by atoms with E-state index in [0.717, 1.165) is 23.7 Å². The third-order valence-corrected chi connectivity index (χ3v) is 3.43. The van der Waals surface area contributed by atoms with Gasteiger partial charge in [-0.1, -0.05) is 27.7 Å². The van der Waals surface area contributed by atoms with Crippen LogP contribution in [0, 0.1) is 23.7 Å². The average Bonchev–Trinajstić information content (AvgIpc) is 1.84. The molecule has 1 aliphatic rings. The van der Waals surface area contributed by atoms with Crippen LogP contribution >= 0.6 is 0 Å². The van der Waals surface area contributed by atoms with Gasteiger partial charge < -0.3 is 0 Å². The second kappa shape index (κ2) is 2.94. The lowest BCUT2D eigenvalue weighted by Crippen LogP contribution is -2.25. The van der Waals surface area contributed by atoms with E-state index in [1.165, 1.54) is 12.8 Å². The van der Waals surface area contributed by atoms with E-state index in [1.807, 2.05) is 0 Å². The summed E-state index contributed by atoms with van der Waals surface area (Å²) in [5.41, 5.74) is 0. The third kappa shape index (κ3) is 1.53. The molecule has 4 atom stereocenters. The maximum Gasteiger partial charge on any atom is -0.0414 e. The lowest BCUT2D eigenvalue weighted by atomic mass is 9.71. The standard InChI is InChI=1S/C10H20/c1-7-5-9(3)10(4)6-8(7)2/h7-10H,5-6H2,1-4H3/t7-,8+,9?,10?. The Labute approximate surface area is 65.0 Å². The van der Waals surface area contributed by atoms with Crippen molar-refractivity contribution in [2.45, 2.75) is 40.5 Å². The first-order chi connectivity index (χ1) is 4.61. The lowest BCUT2D eigenvalue weighted by molar-refractivity contribution is 0.157. The highest BCUT2D eigenvalue weighted by Gasteiger charge is 2.26. The smallest absolute Gasteiger partial charge is 0.0414 e. The molecular weight excluding hydrogens is 120 g/mol. The second-order valence-corrected chi connectivity index (χ2v) is 4.38. The largest absolute Gasteiger partial charge is 0.0622 e. The van der Waals surface area contributed by atoms with Crippen molar-refractivity contribution in [3.8, 4) is 0 Å². The van der Waals surface area contributed by atoms with Crippen LogP contribution in [0.5, 0.6) is 0 Å². The monoisotopic (exact) mass is 140 g/mol. The molecule has 0 radical (unpaired) electrons. The number of hydrogen-bond donors (Lipinski definition) is 0. The van der Waals surface area contributed by atoms with Gasteiger partial charge in [-0.2, -0.15) is 0 Å². The minimum atomic E-state index is 0.964. The van der Waals surface area contributed by atoms with Crippen molar-refractivity contribution in [3.05, 3.63) is 0 Å². The summed E-state index contributed by atoms with van der Waals surface area (Å²) in [4.78, 5) is 0. The van der Waals surface area contributed by atoms with Crippen molar-refractivity contribution < 1.29 is 0 Å². The van der Waals surface area contributed by atoms with Crippen LogP contribution in [0.3, 0.4) is 0 Å². The van der Waals surface area contributed by atoms with Crippen molar-refractivity contribution >= 4 is 0 Å². The van der Waals surface area contributed by atoms with Crippen molar-refractivity contribution in [1.29, 1.82) is 0 Å². The summed E-state index contributed by atoms with van der Waals surface area (Å²) in [6, 6.07) is 0. The van der Waals surface area contributed by atoms with Crippen molar-refractivity contribution in [2.24, 2.45) is 23.7 Å². The van der Waals surface area contributed by atoms with Crippen LogP contribution in [0.4, 0.5) is 0 Å². The zero-order valence-electron chi connectivity index (χ0n) is 7.72. The molecule has 1 aliphatic carbocycles. The maximum atomic E-state index is 2.40. The van der Waals surface area contributed by atoms with Gasteiger partial charge in [0.2, 0.25) is 0 Å². The van der Waals surface area contributed by atoms with Crippen LogP contribution in [0.25, 0.3) is 0 Å². The van der Waals surface area contributed by atoms with Gasteiger partial charge in [0.1, 0.15) is 0 Å². The molecule has 0 aromatic carbocycles. The molecule has 2 unspecified atom stereocenters. The fourth-order valence-electron chi connectivity index (χ4n) is 2.10. The van der Waals surface area contributed by atoms with E-state index in [1.54, 1.807) is 0 Å². The Hall–Kier alpha value is 0. The molecule has 0 nitrogen and oxygen atoms in total. The molecule has 0 spiro atoms. The van der Waals surface area contributed by atoms with Crippen molar-refractivity contribution in [3.63, 3.8) is 0 Å². The molecule has 1 saturated carbocycles. The first-order valence-electron chi connectivity index (χ1n) is 4.61. The van der Waals surface area contributed by atoms with Crippen LogP contribution in [0.2, 0.25) is 0 Å². The molecule has 0 saturated heterocycles. The lowest BCUT2D eigenvalue weighted by Gasteiger charge is -2.35. The Morgan fingerprint density at radius 2 is 0.800 bits per heavy atom. The topological polar surface area (TPSA) is 0 Å². The van der Waals surface area contributed by atoms with E-state index in [0.29, 0.717) is 0 Å². The third-order valence-electron chi connectivity index (χ3n) is 3.43. The summed E-state index contributed by atoms with van der Waals surface area (Å²) >= 11 is 0. The first kappa shape index (κ1) is 8.10. The van der Waals surface area contributed by atoms with E-state index in [-0.39, 0.29) is 0 Å². The van der Waals surface area contributed by atoms with Crippen LogP contribution in [0.15, 0.2) is 0 Å². The summed E-state index contributed by atoms with van der Waals surface area (Å²) in [6.07, 6.45) is 2.89. The molecule has 60 valence electrons. The SMILES string of the molecule is CC1C[C@@H](C)[C@@H](C)CC1C. The van der Waals surface area contributed by atoms with Crippen LogP contribution in [-0.4, -0.2) is 0 Å². The molecule has 1 fully saturated rings. The van der Waals surface area contributed by atoms with E-state index < -0.39 is 0 Å². The van der Waals surface area contributed by atoms with Crippen LogP contribution in [-0.2, 0) is 0 Å². The van der Waals surface area contributed by atoms with Gasteiger partial charge in [0.25, 0.3) is 0 Å². The summed E-state index contributed by atoms with van der Waals surface area (Å²) < 4.78 is 0. The van der Waals surface area contributed by atoms with Gasteiger partial charge in [0, 0.05) is 0 Å². The van der Waals surface area contributed by atoms with Gasteiger partial charge in [-0.05, 0) is 36.5 Å². The maximum absolute atomic E-state index is 2.40. The van der Waals surface area contributed by atoms with Gasteiger partial charge in [0.15, 0.2) is 0 Å². The second-order valence-electron chi connectivity index (χ2n) is 4.38. The van der Waals surface area contributed by atoms with Gasteiger partial charge in [-0.3, -0.25) is 0 Å². The zero-order valence-corrected chi connectivity index (χ0v) is 7.72. The Bertz CT molecular complexity index is 80.6. The van der Waals surface area contributed by atoms with Crippen molar-refractivity contribution in [2.75, 3.05) is 0 Å². The highest BCUT2D eigenvalue weighted by atomic mass is 14.3. The summed E-state index contributed by atoms with van der Waals surface area (Å²) in [5.74, 6) is 3.86. The molecule has 0 aromatic heterocycles. The average molecular weight is 140 g/mol. The predicted octanol–water partition coefficient (Wildman–Crippen LogP) is 3.32. The van der Waals surface area contributed by atoms with Crippen LogP contribution in [0.1, 0.15) is 40.5 Å². The summed E-state index contributed by atoms with van der Waals surface area (Å²) in [6.45, 7) is 9.58. The Morgan fingerprint density at radius 1 is 0.600 bits per heavy atom. The Morgan fingerprint density at radius 3 is 1.00 bits per heavy atom. The molecule has 1 rings (SSSR count). The van der Waals surface area contributed by atoms with Gasteiger partial charge in [-0.15, -0.1) is 0 Å². The van der Waals surface area contributed by atoms with E-state index in [2.05, 4.69) is 27.7 Å². The number of rotatable bonds is 0. The molecular formula is C10H20. The van der Waals surface area contributed by atoms with Crippen LogP contribution < -0.4 is 0 Å². The van der Waals surface area contributed by atoms with E-state index in [4.69, 9.17) is 0 Å². The van der Waals surface area contributed by atoms with Gasteiger partial charge >= 0.3 is 0 Å². The zero-order chi connectivity index (χ0) is 7.72. The highest BCUT2D eigenvalue weighted by molar-refractivity contribution is 4.77. The predicted molar refractivity (Wildman–Crippen MR) is 45.9 cm³/mol. The Balaban J connectivity index is 2.46. The molecule has 0 aliphatic heterocycles. The molecule has 0 amide bonds.